The summed E-state index contributed by atoms with van der Waals surface area (Å²) in [6.45, 7) is 6.30. The summed E-state index contributed by atoms with van der Waals surface area (Å²) in [5.74, 6) is 0. The van der Waals surface area contributed by atoms with E-state index in [1.165, 1.54) is 68.2 Å². The highest BCUT2D eigenvalue weighted by Gasteiger charge is 2.27. The quantitative estimate of drug-likeness (QED) is 0.844. The van der Waals surface area contributed by atoms with Crippen molar-refractivity contribution in [3.8, 4) is 0 Å². The van der Waals surface area contributed by atoms with E-state index in [-0.39, 0.29) is 0 Å². The fraction of sp³-hybridized carbons (Fsp3) is 0.500. The number of benzene rings is 2. The summed E-state index contributed by atoms with van der Waals surface area (Å²) >= 11 is 0. The average Bonchev–Trinajstić information content (AvgIpc) is 3.21. The molecule has 0 bridgehead atoms. The largest absolute Gasteiger partial charge is 0.302 e. The highest BCUT2D eigenvalue weighted by molar-refractivity contribution is 5.85. The van der Waals surface area contributed by atoms with Crippen molar-refractivity contribution in [1.29, 1.82) is 0 Å². The van der Waals surface area contributed by atoms with Crippen molar-refractivity contribution in [2.75, 3.05) is 26.2 Å². The number of fused-ring (bicyclic) bond motifs is 1. The molecule has 2 aromatic rings. The standard InChI is InChI=1S/C20H26N2/c1-2-11-20-17(7-1)8-5-9-18(20)15-22-14-6-10-19(22)16-21-12-3-4-13-21/h1-2,5,7-9,11,19H,3-4,6,10,12-16H2/t19-/m0/s1. The maximum absolute atomic E-state index is 2.72. The topological polar surface area (TPSA) is 6.48 Å². The summed E-state index contributed by atoms with van der Waals surface area (Å²) < 4.78 is 0. The zero-order valence-electron chi connectivity index (χ0n) is 13.4. The molecule has 116 valence electrons. The lowest BCUT2D eigenvalue weighted by Crippen LogP contribution is -2.38. The Morgan fingerprint density at radius 2 is 1.68 bits per heavy atom. The second kappa shape index (κ2) is 6.39. The number of hydrogen-bond donors (Lipinski definition) is 0. The second-order valence-corrected chi connectivity index (χ2v) is 6.91. The molecule has 4 rings (SSSR count). The zero-order chi connectivity index (χ0) is 14.8. The van der Waals surface area contributed by atoms with Gasteiger partial charge in [0, 0.05) is 19.1 Å². The maximum atomic E-state index is 2.72. The van der Waals surface area contributed by atoms with E-state index in [1.807, 2.05) is 0 Å². The van der Waals surface area contributed by atoms with Gasteiger partial charge in [0.25, 0.3) is 0 Å². The van der Waals surface area contributed by atoms with Crippen LogP contribution in [0.2, 0.25) is 0 Å². The third-order valence-corrected chi connectivity index (χ3v) is 5.42. The van der Waals surface area contributed by atoms with Crippen molar-refractivity contribution < 1.29 is 0 Å². The van der Waals surface area contributed by atoms with Gasteiger partial charge in [0.2, 0.25) is 0 Å². The molecule has 2 saturated heterocycles. The van der Waals surface area contributed by atoms with Gasteiger partial charge in [-0.05, 0) is 61.7 Å². The van der Waals surface area contributed by atoms with E-state index in [2.05, 4.69) is 52.3 Å². The number of nitrogens with zero attached hydrogens (tertiary/aromatic N) is 2. The maximum Gasteiger partial charge on any atom is 0.0243 e. The number of rotatable bonds is 4. The highest BCUT2D eigenvalue weighted by Crippen LogP contribution is 2.25. The molecule has 0 radical (unpaired) electrons. The van der Waals surface area contributed by atoms with Crippen LogP contribution in [0.25, 0.3) is 10.8 Å². The summed E-state index contributed by atoms with van der Waals surface area (Å²) in [6, 6.07) is 16.3. The Morgan fingerprint density at radius 3 is 2.59 bits per heavy atom. The van der Waals surface area contributed by atoms with Crippen LogP contribution < -0.4 is 0 Å². The van der Waals surface area contributed by atoms with Crippen molar-refractivity contribution in [3.63, 3.8) is 0 Å². The summed E-state index contributed by atoms with van der Waals surface area (Å²) in [5, 5.41) is 2.80. The van der Waals surface area contributed by atoms with Crippen LogP contribution in [-0.2, 0) is 6.54 Å². The van der Waals surface area contributed by atoms with Gasteiger partial charge < -0.3 is 4.90 Å². The average molecular weight is 294 g/mol. The van der Waals surface area contributed by atoms with Gasteiger partial charge in [0.05, 0.1) is 0 Å². The van der Waals surface area contributed by atoms with E-state index in [0.29, 0.717) is 0 Å². The molecule has 0 aliphatic carbocycles. The molecule has 2 nitrogen and oxygen atoms in total. The van der Waals surface area contributed by atoms with Crippen molar-refractivity contribution >= 4 is 10.8 Å². The Morgan fingerprint density at radius 1 is 0.864 bits per heavy atom. The Kier molecular flexibility index (Phi) is 4.13. The van der Waals surface area contributed by atoms with Crippen molar-refractivity contribution in [2.45, 2.75) is 38.3 Å². The highest BCUT2D eigenvalue weighted by atomic mass is 15.2. The molecule has 2 fully saturated rings. The van der Waals surface area contributed by atoms with Crippen molar-refractivity contribution in [2.24, 2.45) is 0 Å². The van der Waals surface area contributed by atoms with E-state index >= 15 is 0 Å². The minimum atomic E-state index is 0.761. The first-order valence-corrected chi connectivity index (χ1v) is 8.83. The molecule has 2 aliphatic heterocycles. The first kappa shape index (κ1) is 14.2. The Hall–Kier alpha value is -1.38. The smallest absolute Gasteiger partial charge is 0.0243 e. The Labute approximate surface area is 133 Å². The van der Waals surface area contributed by atoms with Crippen LogP contribution in [0.4, 0.5) is 0 Å². The van der Waals surface area contributed by atoms with Gasteiger partial charge in [-0.15, -0.1) is 0 Å². The normalized spacial score (nSPS) is 23.5. The molecular weight excluding hydrogens is 268 g/mol. The fourth-order valence-corrected chi connectivity index (χ4v) is 4.22. The van der Waals surface area contributed by atoms with Gasteiger partial charge in [-0.25, -0.2) is 0 Å². The van der Waals surface area contributed by atoms with Crippen LogP contribution in [0.1, 0.15) is 31.2 Å². The molecule has 0 amide bonds. The lowest BCUT2D eigenvalue weighted by atomic mass is 10.0. The minimum Gasteiger partial charge on any atom is -0.302 e. The predicted molar refractivity (Wildman–Crippen MR) is 93.1 cm³/mol. The lowest BCUT2D eigenvalue weighted by Gasteiger charge is -2.28. The molecular formula is C20H26N2. The summed E-state index contributed by atoms with van der Waals surface area (Å²) in [4.78, 5) is 5.40. The van der Waals surface area contributed by atoms with E-state index in [4.69, 9.17) is 0 Å². The van der Waals surface area contributed by atoms with Crippen molar-refractivity contribution in [3.05, 3.63) is 48.0 Å². The zero-order valence-corrected chi connectivity index (χ0v) is 13.4. The molecule has 1 atom stereocenters. The van der Waals surface area contributed by atoms with E-state index in [1.54, 1.807) is 0 Å². The molecule has 0 N–H and O–H groups in total. The molecule has 2 heterocycles. The second-order valence-electron chi connectivity index (χ2n) is 6.91. The summed E-state index contributed by atoms with van der Waals surface area (Å²) in [7, 11) is 0. The van der Waals surface area contributed by atoms with Gasteiger partial charge in [-0.2, -0.15) is 0 Å². The summed E-state index contributed by atoms with van der Waals surface area (Å²) in [5.41, 5.74) is 1.49. The van der Waals surface area contributed by atoms with E-state index in [9.17, 15) is 0 Å². The minimum absolute atomic E-state index is 0.761. The molecule has 22 heavy (non-hydrogen) atoms. The first-order chi connectivity index (χ1) is 10.9. The van der Waals surface area contributed by atoms with Gasteiger partial charge in [0.15, 0.2) is 0 Å². The third kappa shape index (κ3) is 2.90. The van der Waals surface area contributed by atoms with Crippen LogP contribution in [0, 0.1) is 0 Å². The Bertz CT molecular complexity index is 625. The van der Waals surface area contributed by atoms with Crippen LogP contribution in [0.5, 0.6) is 0 Å². The van der Waals surface area contributed by atoms with Crippen LogP contribution in [0.3, 0.4) is 0 Å². The fourth-order valence-electron chi connectivity index (χ4n) is 4.22. The van der Waals surface area contributed by atoms with Gasteiger partial charge in [-0.3, -0.25) is 4.90 Å². The van der Waals surface area contributed by atoms with Crippen molar-refractivity contribution in [1.82, 2.24) is 9.80 Å². The SMILES string of the molecule is c1ccc2c(CN3CCC[C@H]3CN3CCCC3)cccc2c1. The van der Waals surface area contributed by atoms with Gasteiger partial charge >= 0.3 is 0 Å². The molecule has 0 saturated carbocycles. The molecule has 2 heteroatoms. The molecule has 0 unspecified atom stereocenters. The number of likely N-dealkylation sites (tertiary alicyclic amines) is 2. The van der Waals surface area contributed by atoms with Crippen LogP contribution in [-0.4, -0.2) is 42.0 Å². The lowest BCUT2D eigenvalue weighted by molar-refractivity contribution is 0.186. The van der Waals surface area contributed by atoms with Gasteiger partial charge in [0.1, 0.15) is 0 Å². The van der Waals surface area contributed by atoms with Crippen LogP contribution in [0.15, 0.2) is 42.5 Å². The third-order valence-electron chi connectivity index (χ3n) is 5.42. The first-order valence-electron chi connectivity index (χ1n) is 8.83. The molecule has 0 spiro atoms. The molecule has 0 aromatic heterocycles. The number of hydrogen-bond acceptors (Lipinski definition) is 2. The summed E-state index contributed by atoms with van der Waals surface area (Å²) in [6.07, 6.45) is 5.54. The molecule has 2 aliphatic rings. The Balaban J connectivity index is 1.51. The predicted octanol–water partition coefficient (Wildman–Crippen LogP) is 3.90. The van der Waals surface area contributed by atoms with E-state index < -0.39 is 0 Å². The van der Waals surface area contributed by atoms with E-state index in [0.717, 1.165) is 12.6 Å². The monoisotopic (exact) mass is 294 g/mol. The molecule has 2 aromatic carbocycles. The van der Waals surface area contributed by atoms with Gasteiger partial charge in [-0.1, -0.05) is 42.5 Å². The van der Waals surface area contributed by atoms with Crippen LogP contribution >= 0.6 is 0 Å².